The van der Waals surface area contributed by atoms with Gasteiger partial charge in [0.2, 0.25) is 5.95 Å². The molecule has 5 N–H and O–H groups in total. The predicted molar refractivity (Wildman–Crippen MR) is 132 cm³/mol. The molecule has 5 atom stereocenters. The van der Waals surface area contributed by atoms with Gasteiger partial charge in [-0.3, -0.25) is 18.9 Å². The maximum Gasteiger partial charge on any atom is 0.407 e. The Balaban J connectivity index is 1.64. The maximum atomic E-state index is 12.7. The molecule has 1 amide bonds. The average Bonchev–Trinajstić information content (AvgIpc) is 3.43. The zero-order chi connectivity index (χ0) is 26.5. The molecule has 1 aromatic carbocycles. The molecule has 3 aromatic rings. The summed E-state index contributed by atoms with van der Waals surface area (Å²) in [6, 6.07) is 7.89. The lowest BCUT2D eigenvalue weighted by Crippen LogP contribution is -2.47. The predicted octanol–water partition coefficient (Wildman–Crippen LogP) is 1.14. The molecule has 4 rings (SSSR count). The summed E-state index contributed by atoms with van der Waals surface area (Å²) in [6.45, 7) is 3.94. The summed E-state index contributed by atoms with van der Waals surface area (Å²) >= 11 is 0. The Bertz CT molecular complexity index is 1300. The number of H-pyrrole nitrogens is 1. The van der Waals surface area contributed by atoms with Gasteiger partial charge in [-0.05, 0) is 11.5 Å². The molecule has 200 valence electrons. The van der Waals surface area contributed by atoms with Crippen molar-refractivity contribution in [3.63, 3.8) is 0 Å². The van der Waals surface area contributed by atoms with E-state index in [0.717, 1.165) is 5.56 Å². The number of imidazole rings is 1. The Hall–Kier alpha value is -3.29. The zero-order valence-corrected chi connectivity index (χ0v) is 21.2. The van der Waals surface area contributed by atoms with Crippen LogP contribution < -0.4 is 16.2 Å². The summed E-state index contributed by atoms with van der Waals surface area (Å²) < 4.78 is 29.3. The van der Waals surface area contributed by atoms with E-state index in [2.05, 4.69) is 25.6 Å². The monoisotopic (exact) mass is 536 g/mol. The smallest absolute Gasteiger partial charge is 0.407 e. The van der Waals surface area contributed by atoms with Gasteiger partial charge in [0.05, 0.1) is 12.9 Å². The lowest BCUT2D eigenvalue weighted by Gasteiger charge is -2.24. The standard InChI is InChI=1S/C22H29N6O8P/c1-12(2)8-23-21-26-18-16(19(30)27-21)24-11-28(18)20-15(17(36-37(32)33)14(9-29)35-20)25-22(31)34-10-13-6-4-3-5-7-13/h3-7,11-12,14-15,17,20,29,37H,8-10H2,1-2H3,(H,25,31)(H,32,33)(H2,23,26,27,30)/t14-,15-,17-,20?/m1/s1. The maximum absolute atomic E-state index is 12.7. The number of rotatable bonds is 10. The average molecular weight is 536 g/mol. The lowest BCUT2D eigenvalue weighted by atomic mass is 10.1. The molecule has 3 heterocycles. The van der Waals surface area contributed by atoms with Crippen molar-refractivity contribution in [3.05, 3.63) is 52.6 Å². The Labute approximate surface area is 211 Å². The van der Waals surface area contributed by atoms with Crippen LogP contribution in [0.5, 0.6) is 0 Å². The molecule has 37 heavy (non-hydrogen) atoms. The minimum absolute atomic E-state index is 0.0183. The quantitative estimate of drug-likeness (QED) is 0.234. The highest BCUT2D eigenvalue weighted by molar-refractivity contribution is 7.32. The molecule has 0 spiro atoms. The van der Waals surface area contributed by atoms with Crippen LogP contribution >= 0.6 is 8.25 Å². The van der Waals surface area contributed by atoms with Crippen LogP contribution in [0.2, 0.25) is 0 Å². The first-order chi connectivity index (χ1) is 17.8. The molecule has 0 aliphatic carbocycles. The second-order valence-corrected chi connectivity index (χ2v) is 9.61. The zero-order valence-electron chi connectivity index (χ0n) is 20.2. The number of hydrogen-bond acceptors (Lipinski definition) is 10. The number of aromatic amines is 1. The number of hydrogen-bond donors (Lipinski definition) is 5. The van der Waals surface area contributed by atoms with Crippen LogP contribution in [-0.2, 0) is 25.2 Å². The number of carbonyl (C=O) groups excluding carboxylic acids is 1. The molecule has 0 bridgehead atoms. The second-order valence-electron chi connectivity index (χ2n) is 8.84. The SMILES string of the molecule is CC(C)CNc1nc2c(ncn2C2O[C@H](CO)[C@@H](O[PH](=O)O)[C@H]2NC(=O)OCc2ccccc2)c(=O)[nH]1. The minimum Gasteiger partial charge on any atom is -0.445 e. The normalized spacial score (nSPS) is 22.3. The van der Waals surface area contributed by atoms with Gasteiger partial charge in [0.25, 0.3) is 5.56 Å². The van der Waals surface area contributed by atoms with Gasteiger partial charge in [0, 0.05) is 6.54 Å². The Morgan fingerprint density at radius 3 is 2.76 bits per heavy atom. The highest BCUT2D eigenvalue weighted by atomic mass is 31.1. The summed E-state index contributed by atoms with van der Waals surface area (Å²) in [4.78, 5) is 45.9. The van der Waals surface area contributed by atoms with E-state index < -0.39 is 51.0 Å². The molecule has 1 fully saturated rings. The van der Waals surface area contributed by atoms with Crippen molar-refractivity contribution < 1.29 is 33.4 Å². The first-order valence-corrected chi connectivity index (χ1v) is 12.9. The summed E-state index contributed by atoms with van der Waals surface area (Å²) in [6.07, 6.45) is -2.95. The topological polar surface area (TPSA) is 190 Å². The van der Waals surface area contributed by atoms with Gasteiger partial charge in [-0.2, -0.15) is 4.98 Å². The van der Waals surface area contributed by atoms with E-state index in [1.165, 1.54) is 10.9 Å². The van der Waals surface area contributed by atoms with E-state index in [1.807, 2.05) is 19.9 Å². The first kappa shape index (κ1) is 26.8. The number of amides is 1. The highest BCUT2D eigenvalue weighted by Crippen LogP contribution is 2.37. The van der Waals surface area contributed by atoms with Gasteiger partial charge in [0.15, 0.2) is 17.4 Å². The van der Waals surface area contributed by atoms with Crippen LogP contribution in [0.1, 0.15) is 25.6 Å². The number of aliphatic hydroxyl groups is 1. The fraction of sp³-hybridized carbons (Fsp3) is 0.455. The fourth-order valence-electron chi connectivity index (χ4n) is 3.94. The minimum atomic E-state index is -3.48. The van der Waals surface area contributed by atoms with Crippen molar-refractivity contribution in [2.75, 3.05) is 18.5 Å². The summed E-state index contributed by atoms with van der Waals surface area (Å²) in [5, 5.41) is 15.5. The molecule has 1 aliphatic rings. The van der Waals surface area contributed by atoms with Crippen molar-refractivity contribution in [2.45, 2.75) is 44.9 Å². The number of alkyl carbamates (subject to hydrolysis) is 1. The van der Waals surface area contributed by atoms with Gasteiger partial charge in [-0.25, -0.2) is 9.78 Å². The number of aliphatic hydroxyl groups excluding tert-OH is 1. The highest BCUT2D eigenvalue weighted by Gasteiger charge is 2.48. The molecule has 1 aliphatic heterocycles. The number of aromatic nitrogens is 4. The Morgan fingerprint density at radius 1 is 1.32 bits per heavy atom. The van der Waals surface area contributed by atoms with E-state index in [1.54, 1.807) is 24.3 Å². The molecule has 1 saturated heterocycles. The number of anilines is 1. The summed E-state index contributed by atoms with van der Waals surface area (Å²) in [7, 11) is -3.48. The molecule has 14 nitrogen and oxygen atoms in total. The van der Waals surface area contributed by atoms with Crippen molar-refractivity contribution in [3.8, 4) is 0 Å². The molecule has 15 heteroatoms. The van der Waals surface area contributed by atoms with Gasteiger partial charge >= 0.3 is 14.3 Å². The number of carbonyl (C=O) groups is 1. The Kier molecular flexibility index (Phi) is 8.56. The Morgan fingerprint density at radius 2 is 2.08 bits per heavy atom. The number of ether oxygens (including phenoxy) is 2. The van der Waals surface area contributed by atoms with Gasteiger partial charge in [-0.15, -0.1) is 0 Å². The van der Waals surface area contributed by atoms with Crippen molar-refractivity contribution >= 4 is 31.5 Å². The second kappa shape index (κ2) is 11.8. The van der Waals surface area contributed by atoms with Gasteiger partial charge in [0.1, 0.15) is 24.9 Å². The van der Waals surface area contributed by atoms with Crippen molar-refractivity contribution in [2.24, 2.45) is 5.92 Å². The number of nitrogens with zero attached hydrogens (tertiary/aromatic N) is 3. The molecular weight excluding hydrogens is 507 g/mol. The number of fused-ring (bicyclic) bond motifs is 1. The van der Waals surface area contributed by atoms with E-state index in [9.17, 15) is 24.2 Å². The molecule has 0 radical (unpaired) electrons. The number of benzene rings is 1. The molecular formula is C22H29N6O8P. The third-order valence-electron chi connectivity index (χ3n) is 5.64. The van der Waals surface area contributed by atoms with E-state index >= 15 is 0 Å². The van der Waals surface area contributed by atoms with Crippen LogP contribution in [0.25, 0.3) is 11.2 Å². The molecule has 2 unspecified atom stereocenters. The third-order valence-corrected chi connectivity index (χ3v) is 6.11. The summed E-state index contributed by atoms with van der Waals surface area (Å²) in [5.41, 5.74) is 0.415. The molecule has 0 saturated carbocycles. The van der Waals surface area contributed by atoms with E-state index in [4.69, 9.17) is 14.0 Å². The largest absolute Gasteiger partial charge is 0.445 e. The lowest BCUT2D eigenvalue weighted by molar-refractivity contribution is -0.0408. The van der Waals surface area contributed by atoms with Crippen LogP contribution in [0, 0.1) is 5.92 Å². The van der Waals surface area contributed by atoms with Gasteiger partial charge < -0.3 is 34.6 Å². The fourth-order valence-corrected chi connectivity index (χ4v) is 4.47. The van der Waals surface area contributed by atoms with Crippen LogP contribution in [0.4, 0.5) is 10.7 Å². The van der Waals surface area contributed by atoms with Crippen LogP contribution in [0.15, 0.2) is 41.5 Å². The van der Waals surface area contributed by atoms with Crippen molar-refractivity contribution in [1.29, 1.82) is 0 Å². The van der Waals surface area contributed by atoms with E-state index in [-0.39, 0.29) is 29.6 Å². The summed E-state index contributed by atoms with van der Waals surface area (Å²) in [5.74, 6) is 0.494. The van der Waals surface area contributed by atoms with E-state index in [0.29, 0.717) is 6.54 Å². The first-order valence-electron chi connectivity index (χ1n) is 11.6. The number of nitrogens with one attached hydrogen (secondary N) is 3. The molecule has 2 aromatic heterocycles. The van der Waals surface area contributed by atoms with Crippen LogP contribution in [0.3, 0.4) is 0 Å². The van der Waals surface area contributed by atoms with Gasteiger partial charge in [-0.1, -0.05) is 44.2 Å². The third kappa shape index (κ3) is 6.35. The van der Waals surface area contributed by atoms with Crippen molar-refractivity contribution in [1.82, 2.24) is 24.8 Å². The van der Waals surface area contributed by atoms with Crippen LogP contribution in [-0.4, -0.2) is 67.0 Å².